The Morgan fingerprint density at radius 1 is 1.19 bits per heavy atom. The molecule has 0 saturated carbocycles. The van der Waals surface area contributed by atoms with Gasteiger partial charge in [0.1, 0.15) is 5.54 Å². The van der Waals surface area contributed by atoms with Crippen molar-refractivity contribution in [1.29, 1.82) is 0 Å². The van der Waals surface area contributed by atoms with Crippen LogP contribution in [0, 0.1) is 12.8 Å². The molecule has 0 aliphatic carbocycles. The first-order chi connectivity index (χ1) is 12.7. The zero-order chi connectivity index (χ0) is 17.7. The molecule has 3 unspecified atom stereocenters. The highest BCUT2D eigenvalue weighted by Crippen LogP contribution is 2.51. The van der Waals surface area contributed by atoms with Crippen LogP contribution in [0.3, 0.4) is 0 Å². The number of nitrogens with zero attached hydrogens (tertiary/aromatic N) is 2. The molecule has 2 aromatic rings. The van der Waals surface area contributed by atoms with Crippen LogP contribution < -0.4 is 5.32 Å². The number of fused-ring (bicyclic) bond motifs is 2. The van der Waals surface area contributed by atoms with E-state index in [9.17, 15) is 4.79 Å². The molecule has 4 fully saturated rings. The van der Waals surface area contributed by atoms with Gasteiger partial charge in [0.2, 0.25) is 0 Å². The Morgan fingerprint density at radius 2 is 1.96 bits per heavy atom. The van der Waals surface area contributed by atoms with Crippen molar-refractivity contribution in [1.82, 2.24) is 15.2 Å². The Labute approximate surface area is 154 Å². The van der Waals surface area contributed by atoms with E-state index in [2.05, 4.69) is 40.3 Å². The number of aryl methyl sites for hydroxylation is 1. The van der Waals surface area contributed by atoms with Crippen LogP contribution in [0.2, 0.25) is 0 Å². The third kappa shape index (κ3) is 2.15. The molecule has 26 heavy (non-hydrogen) atoms. The van der Waals surface area contributed by atoms with E-state index in [0.29, 0.717) is 5.92 Å². The van der Waals surface area contributed by atoms with Gasteiger partial charge in [-0.3, -0.25) is 14.7 Å². The number of hydrogen-bond acceptors (Lipinski definition) is 4. The zero-order valence-corrected chi connectivity index (χ0v) is 15.2. The Morgan fingerprint density at radius 3 is 2.65 bits per heavy atom. The van der Waals surface area contributed by atoms with E-state index < -0.39 is 5.54 Å². The summed E-state index contributed by atoms with van der Waals surface area (Å²) in [5.41, 5.74) is 2.73. The number of rotatable bonds is 3. The van der Waals surface area contributed by atoms with Crippen LogP contribution in [0.1, 0.15) is 40.2 Å². The summed E-state index contributed by atoms with van der Waals surface area (Å²) in [5.74, 6) is 1.03. The maximum atomic E-state index is 14.0. The van der Waals surface area contributed by atoms with E-state index in [1.807, 2.05) is 30.6 Å². The van der Waals surface area contributed by atoms with Crippen LogP contribution in [-0.4, -0.2) is 46.9 Å². The van der Waals surface area contributed by atoms with Gasteiger partial charge in [-0.2, -0.15) is 0 Å². The molecule has 4 saturated heterocycles. The van der Waals surface area contributed by atoms with Crippen molar-refractivity contribution in [2.45, 2.75) is 37.3 Å². The molecule has 4 nitrogen and oxygen atoms in total. The number of carbonyl (C=O) groups is 1. The van der Waals surface area contributed by atoms with Gasteiger partial charge in [0.25, 0.3) is 0 Å². The average Bonchev–Trinajstić information content (AvgIpc) is 3.13. The van der Waals surface area contributed by atoms with Crippen molar-refractivity contribution in [2.75, 3.05) is 19.6 Å². The first-order valence-corrected chi connectivity index (χ1v) is 9.71. The molecule has 5 heterocycles. The minimum absolute atomic E-state index is 0.151. The summed E-state index contributed by atoms with van der Waals surface area (Å²) in [6, 6.07) is 12.5. The van der Waals surface area contributed by atoms with E-state index in [1.54, 1.807) is 0 Å². The van der Waals surface area contributed by atoms with E-state index in [1.165, 1.54) is 24.0 Å². The molecule has 1 N–H and O–H groups in total. The molecular weight excluding hydrogens is 322 g/mol. The Hall–Kier alpha value is -2.04. The van der Waals surface area contributed by atoms with Gasteiger partial charge in [-0.25, -0.2) is 0 Å². The normalized spacial score (nSPS) is 35.3. The summed E-state index contributed by atoms with van der Waals surface area (Å²) < 4.78 is 0. The third-order valence-electron chi connectivity index (χ3n) is 6.85. The summed E-state index contributed by atoms with van der Waals surface area (Å²) in [5, 5.41) is 3.75. The summed E-state index contributed by atoms with van der Waals surface area (Å²) in [6.07, 6.45) is 6.15. The number of pyridine rings is 1. The van der Waals surface area contributed by atoms with Gasteiger partial charge >= 0.3 is 0 Å². The van der Waals surface area contributed by atoms with Crippen LogP contribution in [0.5, 0.6) is 0 Å². The number of hydrogen-bond donors (Lipinski definition) is 1. The van der Waals surface area contributed by atoms with Gasteiger partial charge in [0, 0.05) is 36.5 Å². The number of aromatic nitrogens is 1. The maximum Gasteiger partial charge on any atom is 0.185 e. The van der Waals surface area contributed by atoms with Gasteiger partial charge in [0.15, 0.2) is 5.78 Å². The van der Waals surface area contributed by atoms with Crippen LogP contribution >= 0.6 is 0 Å². The molecule has 2 bridgehead atoms. The molecule has 0 radical (unpaired) electrons. The largest absolute Gasteiger partial charge is 0.311 e. The van der Waals surface area contributed by atoms with E-state index >= 15 is 0 Å². The van der Waals surface area contributed by atoms with E-state index in [0.717, 1.165) is 25.2 Å². The minimum atomic E-state index is -0.473. The number of benzene rings is 1. The Kier molecular flexibility index (Phi) is 3.73. The fourth-order valence-electron chi connectivity index (χ4n) is 5.65. The highest BCUT2D eigenvalue weighted by molar-refractivity contribution is 6.05. The van der Waals surface area contributed by atoms with E-state index in [4.69, 9.17) is 0 Å². The maximum absolute atomic E-state index is 14.0. The van der Waals surface area contributed by atoms with Gasteiger partial charge in [-0.15, -0.1) is 0 Å². The lowest BCUT2D eigenvalue weighted by molar-refractivity contribution is -0.0313. The van der Waals surface area contributed by atoms with Crippen molar-refractivity contribution in [3.63, 3.8) is 0 Å². The third-order valence-corrected chi connectivity index (χ3v) is 6.85. The lowest BCUT2D eigenvalue weighted by atomic mass is 9.63. The van der Waals surface area contributed by atoms with Crippen molar-refractivity contribution in [3.8, 4) is 0 Å². The van der Waals surface area contributed by atoms with Crippen molar-refractivity contribution >= 4 is 5.78 Å². The second-order valence-corrected chi connectivity index (χ2v) is 8.07. The predicted octanol–water partition coefficient (Wildman–Crippen LogP) is 2.79. The highest BCUT2D eigenvalue weighted by Gasteiger charge is 2.64. The van der Waals surface area contributed by atoms with Gasteiger partial charge in [-0.1, -0.05) is 35.9 Å². The minimum Gasteiger partial charge on any atom is -0.311 e. The van der Waals surface area contributed by atoms with Crippen molar-refractivity contribution in [2.24, 2.45) is 5.92 Å². The fourth-order valence-corrected chi connectivity index (χ4v) is 5.65. The number of Topliss-reactive ketones (excluding diaryl/α,β-unsaturated/α-hetero) is 1. The number of carbonyl (C=O) groups excluding carboxylic acids is 1. The van der Waals surface area contributed by atoms with Crippen molar-refractivity contribution in [3.05, 3.63) is 65.5 Å². The van der Waals surface area contributed by atoms with Crippen LogP contribution in [0.4, 0.5) is 0 Å². The first kappa shape index (κ1) is 16.2. The van der Waals surface area contributed by atoms with Crippen LogP contribution in [0.15, 0.2) is 48.8 Å². The number of ketones is 1. The second-order valence-electron chi connectivity index (χ2n) is 8.07. The van der Waals surface area contributed by atoms with Gasteiger partial charge in [-0.05, 0) is 50.4 Å². The highest BCUT2D eigenvalue weighted by atomic mass is 16.1. The number of piperidine rings is 3. The molecule has 3 atom stereocenters. The second kappa shape index (κ2) is 6.00. The molecular formula is C22H25N3O. The Bertz CT molecular complexity index is 811. The molecule has 6 rings (SSSR count). The fraction of sp³-hybridized carbons (Fsp3) is 0.455. The molecule has 4 heteroatoms. The molecule has 1 aromatic carbocycles. The molecule has 0 spiro atoms. The summed E-state index contributed by atoms with van der Waals surface area (Å²) >= 11 is 0. The molecule has 1 aromatic heterocycles. The first-order valence-electron chi connectivity index (χ1n) is 9.71. The monoisotopic (exact) mass is 347 g/mol. The zero-order valence-electron chi connectivity index (χ0n) is 15.2. The predicted molar refractivity (Wildman–Crippen MR) is 101 cm³/mol. The SMILES string of the molecule is Cc1ccc(C(=O)C23C(c4cccnc4)CNC2C2CCN3CC2)cc1. The van der Waals surface area contributed by atoms with Gasteiger partial charge in [0.05, 0.1) is 0 Å². The molecule has 134 valence electrons. The number of nitrogens with one attached hydrogen (secondary N) is 1. The van der Waals surface area contributed by atoms with Crippen LogP contribution in [0.25, 0.3) is 0 Å². The smallest absolute Gasteiger partial charge is 0.185 e. The lowest BCUT2D eigenvalue weighted by Crippen LogP contribution is -2.72. The standard InChI is InChI=1S/C22H25N3O/c1-15-4-6-17(7-5-15)21(26)22-19(18-3-2-10-23-13-18)14-24-20(22)16-8-11-25(22)12-9-16/h2-7,10,13,16,19-20,24H,8-9,11-12,14H2,1H3. The summed E-state index contributed by atoms with van der Waals surface area (Å²) in [4.78, 5) is 20.8. The molecule has 0 amide bonds. The van der Waals surface area contributed by atoms with Gasteiger partial charge < -0.3 is 5.32 Å². The average molecular weight is 347 g/mol. The Balaban J connectivity index is 1.66. The molecule has 4 aliphatic rings. The van der Waals surface area contributed by atoms with Crippen molar-refractivity contribution < 1.29 is 4.79 Å². The van der Waals surface area contributed by atoms with E-state index in [-0.39, 0.29) is 17.7 Å². The van der Waals surface area contributed by atoms with Crippen LogP contribution in [-0.2, 0) is 0 Å². The summed E-state index contributed by atoms with van der Waals surface area (Å²) in [6.45, 7) is 4.96. The topological polar surface area (TPSA) is 45.2 Å². The molecule has 4 aliphatic heterocycles. The quantitative estimate of drug-likeness (QED) is 0.867. The summed E-state index contributed by atoms with van der Waals surface area (Å²) in [7, 11) is 0. The lowest BCUT2D eigenvalue weighted by Gasteiger charge is -2.57.